The van der Waals surface area contributed by atoms with Gasteiger partial charge in [-0.3, -0.25) is 45.4 Å². The first-order chi connectivity index (χ1) is 19.0. The number of rotatable bonds is 9. The summed E-state index contributed by atoms with van der Waals surface area (Å²) in [5.74, 6) is -0.285. The van der Waals surface area contributed by atoms with Crippen LogP contribution in [-0.4, -0.2) is 31.0 Å². The SMILES string of the molecule is O=[N+]([O-])c1ccc(C=Nc2ccc(-c3ccc(Nc4c([N+](=O)[O-])cc([N+](=O)[O-])cc4[N+](=O)[O-])cc3)cc2)c(O)c1. The van der Waals surface area contributed by atoms with E-state index in [1.165, 1.54) is 30.5 Å². The average Bonchev–Trinajstić information content (AvgIpc) is 2.92. The normalized spacial score (nSPS) is 10.8. The van der Waals surface area contributed by atoms with Gasteiger partial charge in [-0.15, -0.1) is 0 Å². The summed E-state index contributed by atoms with van der Waals surface area (Å²) in [7, 11) is 0. The summed E-state index contributed by atoms with van der Waals surface area (Å²) in [4.78, 5) is 45.6. The van der Waals surface area contributed by atoms with Gasteiger partial charge in [0.1, 0.15) is 5.75 Å². The highest BCUT2D eigenvalue weighted by Crippen LogP contribution is 2.40. The molecule has 2 N–H and O–H groups in total. The molecular weight excluding hydrogens is 528 g/mol. The molecule has 0 radical (unpaired) electrons. The van der Waals surface area contributed by atoms with Crippen molar-refractivity contribution >= 4 is 46.0 Å². The zero-order chi connectivity index (χ0) is 29.0. The van der Waals surface area contributed by atoms with Crippen LogP contribution in [-0.2, 0) is 0 Å². The highest BCUT2D eigenvalue weighted by molar-refractivity contribution is 5.86. The van der Waals surface area contributed by atoms with E-state index in [1.54, 1.807) is 36.4 Å². The molecule has 0 aliphatic carbocycles. The Bertz CT molecular complexity index is 1650. The molecule has 0 spiro atoms. The van der Waals surface area contributed by atoms with Crippen molar-refractivity contribution < 1.29 is 24.8 Å². The van der Waals surface area contributed by atoms with Crippen molar-refractivity contribution in [2.45, 2.75) is 0 Å². The number of phenols is 1. The maximum atomic E-state index is 11.5. The average molecular weight is 544 g/mol. The molecule has 0 aliphatic heterocycles. The Hall–Kier alpha value is -6.25. The first kappa shape index (κ1) is 26.8. The van der Waals surface area contributed by atoms with Crippen molar-refractivity contribution in [3.8, 4) is 16.9 Å². The lowest BCUT2D eigenvalue weighted by Crippen LogP contribution is -2.03. The molecular formula is C25H16N6O9. The molecule has 0 heterocycles. The number of aliphatic imine (C=N–C) groups is 1. The molecule has 0 amide bonds. The number of aromatic hydroxyl groups is 1. The number of phenolic OH excluding ortho intramolecular Hbond substituents is 1. The Morgan fingerprint density at radius 3 is 1.65 bits per heavy atom. The van der Waals surface area contributed by atoms with Crippen LogP contribution in [0.5, 0.6) is 5.75 Å². The highest BCUT2D eigenvalue weighted by atomic mass is 16.6. The summed E-state index contributed by atoms with van der Waals surface area (Å²) in [6, 6.07) is 18.3. The highest BCUT2D eigenvalue weighted by Gasteiger charge is 2.30. The van der Waals surface area contributed by atoms with Crippen LogP contribution in [0.4, 0.5) is 39.8 Å². The molecule has 15 heteroatoms. The van der Waals surface area contributed by atoms with Crippen molar-refractivity contribution in [1.82, 2.24) is 0 Å². The molecule has 0 atom stereocenters. The monoisotopic (exact) mass is 544 g/mol. The van der Waals surface area contributed by atoms with Gasteiger partial charge in [-0.05, 0) is 41.5 Å². The number of nitrogens with one attached hydrogen (secondary N) is 1. The number of nitrogens with zero attached hydrogens (tertiary/aromatic N) is 5. The van der Waals surface area contributed by atoms with E-state index in [4.69, 9.17) is 0 Å². The van der Waals surface area contributed by atoms with Gasteiger partial charge in [-0.2, -0.15) is 0 Å². The summed E-state index contributed by atoms with van der Waals surface area (Å²) < 4.78 is 0. The second-order valence-electron chi connectivity index (χ2n) is 8.14. The summed E-state index contributed by atoms with van der Waals surface area (Å²) >= 11 is 0. The lowest BCUT2D eigenvalue weighted by molar-refractivity contribution is -0.401. The fraction of sp³-hybridized carbons (Fsp3) is 0. The van der Waals surface area contributed by atoms with Crippen LogP contribution in [0.15, 0.2) is 83.9 Å². The quantitative estimate of drug-likeness (QED) is 0.138. The van der Waals surface area contributed by atoms with Gasteiger partial charge in [0.15, 0.2) is 5.69 Å². The molecule has 0 fully saturated rings. The van der Waals surface area contributed by atoms with E-state index in [9.17, 15) is 45.6 Å². The van der Waals surface area contributed by atoms with E-state index in [2.05, 4.69) is 10.3 Å². The third-order valence-corrected chi connectivity index (χ3v) is 5.62. The van der Waals surface area contributed by atoms with E-state index in [0.717, 1.165) is 17.2 Å². The Balaban J connectivity index is 1.53. The predicted molar refractivity (Wildman–Crippen MR) is 144 cm³/mol. The summed E-state index contributed by atoms with van der Waals surface area (Å²) in [5, 5.41) is 57.4. The van der Waals surface area contributed by atoms with E-state index in [0.29, 0.717) is 23.4 Å². The minimum Gasteiger partial charge on any atom is -0.507 e. The predicted octanol–water partition coefficient (Wildman–Crippen LogP) is 6.19. The lowest BCUT2D eigenvalue weighted by atomic mass is 10.0. The van der Waals surface area contributed by atoms with Gasteiger partial charge in [-0.25, -0.2) is 0 Å². The van der Waals surface area contributed by atoms with Gasteiger partial charge in [-0.1, -0.05) is 24.3 Å². The topological polar surface area (TPSA) is 217 Å². The molecule has 0 saturated heterocycles. The second-order valence-corrected chi connectivity index (χ2v) is 8.14. The number of hydrogen-bond acceptors (Lipinski definition) is 11. The molecule has 200 valence electrons. The van der Waals surface area contributed by atoms with Gasteiger partial charge >= 0.3 is 11.4 Å². The third-order valence-electron chi connectivity index (χ3n) is 5.62. The zero-order valence-electron chi connectivity index (χ0n) is 20.0. The molecule has 0 aromatic heterocycles. The van der Waals surface area contributed by atoms with Gasteiger partial charge in [0.2, 0.25) is 0 Å². The van der Waals surface area contributed by atoms with Crippen LogP contribution >= 0.6 is 0 Å². The first-order valence-corrected chi connectivity index (χ1v) is 11.1. The molecule has 0 aliphatic rings. The van der Waals surface area contributed by atoms with Gasteiger partial charge in [0.05, 0.1) is 43.6 Å². The smallest absolute Gasteiger partial charge is 0.306 e. The minimum atomic E-state index is -0.950. The minimum absolute atomic E-state index is 0.246. The van der Waals surface area contributed by atoms with Gasteiger partial charge < -0.3 is 10.4 Å². The molecule has 4 rings (SSSR count). The van der Waals surface area contributed by atoms with Crippen LogP contribution in [0.1, 0.15) is 5.56 Å². The second kappa shape index (κ2) is 11.0. The standard InChI is InChI=1S/C25H16N6O9/c32-24-13-20(28(33)34)10-5-17(24)14-26-18-6-1-15(2-7-18)16-3-8-19(9-4-16)27-25-22(30(37)38)11-21(29(35)36)12-23(25)31(39)40/h1-14,27,32H. The molecule has 0 unspecified atom stereocenters. The van der Waals surface area contributed by atoms with Crippen LogP contribution in [0.3, 0.4) is 0 Å². The fourth-order valence-electron chi connectivity index (χ4n) is 3.65. The Kier molecular flexibility index (Phi) is 7.38. The summed E-state index contributed by atoms with van der Waals surface area (Å²) in [6.07, 6.45) is 1.37. The number of nitro benzene ring substituents is 4. The van der Waals surface area contributed by atoms with E-state index in [1.807, 2.05) is 0 Å². The van der Waals surface area contributed by atoms with Crippen LogP contribution in [0, 0.1) is 40.5 Å². The van der Waals surface area contributed by atoms with Crippen molar-refractivity contribution in [3.05, 3.63) is 125 Å². The molecule has 0 saturated carbocycles. The number of anilines is 2. The van der Waals surface area contributed by atoms with Crippen LogP contribution < -0.4 is 5.32 Å². The Morgan fingerprint density at radius 2 is 1.18 bits per heavy atom. The van der Waals surface area contributed by atoms with Crippen molar-refractivity contribution in [2.24, 2.45) is 4.99 Å². The van der Waals surface area contributed by atoms with Crippen molar-refractivity contribution in [3.63, 3.8) is 0 Å². The molecule has 4 aromatic rings. The van der Waals surface area contributed by atoms with E-state index >= 15 is 0 Å². The van der Waals surface area contributed by atoms with Gasteiger partial charge in [0.25, 0.3) is 11.4 Å². The molecule has 4 aromatic carbocycles. The molecule has 15 nitrogen and oxygen atoms in total. The number of nitro groups is 4. The Morgan fingerprint density at radius 1 is 0.650 bits per heavy atom. The van der Waals surface area contributed by atoms with Gasteiger partial charge in [0, 0.05) is 23.5 Å². The lowest BCUT2D eigenvalue weighted by Gasteiger charge is -2.09. The number of hydrogen-bond donors (Lipinski definition) is 2. The fourth-order valence-corrected chi connectivity index (χ4v) is 3.65. The maximum Gasteiger partial charge on any atom is 0.306 e. The van der Waals surface area contributed by atoms with Crippen molar-refractivity contribution in [2.75, 3.05) is 5.32 Å². The molecule has 0 bridgehead atoms. The summed E-state index contributed by atoms with van der Waals surface area (Å²) in [5.41, 5.74) is -0.531. The summed E-state index contributed by atoms with van der Waals surface area (Å²) in [6.45, 7) is 0. The zero-order valence-corrected chi connectivity index (χ0v) is 20.0. The first-order valence-electron chi connectivity index (χ1n) is 11.1. The maximum absolute atomic E-state index is 11.5. The van der Waals surface area contributed by atoms with Crippen LogP contribution in [0.2, 0.25) is 0 Å². The van der Waals surface area contributed by atoms with E-state index in [-0.39, 0.29) is 17.1 Å². The molecule has 40 heavy (non-hydrogen) atoms. The van der Waals surface area contributed by atoms with Crippen molar-refractivity contribution in [1.29, 1.82) is 0 Å². The Labute approximate surface area is 223 Å². The van der Waals surface area contributed by atoms with E-state index < -0.39 is 42.4 Å². The number of non-ortho nitro benzene ring substituents is 2. The third kappa shape index (κ3) is 5.83. The largest absolute Gasteiger partial charge is 0.507 e. The number of benzene rings is 4. The van der Waals surface area contributed by atoms with Crippen LogP contribution in [0.25, 0.3) is 11.1 Å².